The van der Waals surface area contributed by atoms with Gasteiger partial charge in [-0.1, -0.05) is 66.7 Å². The lowest BCUT2D eigenvalue weighted by atomic mass is 9.91. The van der Waals surface area contributed by atoms with Gasteiger partial charge in [0.25, 0.3) is 5.91 Å². The summed E-state index contributed by atoms with van der Waals surface area (Å²) in [5.41, 5.74) is 5.12. The predicted molar refractivity (Wildman–Crippen MR) is 123 cm³/mol. The molecule has 2 heterocycles. The quantitative estimate of drug-likeness (QED) is 0.705. The summed E-state index contributed by atoms with van der Waals surface area (Å²) >= 11 is 0. The van der Waals surface area contributed by atoms with Gasteiger partial charge in [-0.05, 0) is 18.2 Å². The van der Waals surface area contributed by atoms with Crippen LogP contribution in [0.1, 0.15) is 17.2 Å². The summed E-state index contributed by atoms with van der Waals surface area (Å²) in [6, 6.07) is 27.4. The van der Waals surface area contributed by atoms with Crippen molar-refractivity contribution in [3.05, 3.63) is 107 Å². The lowest BCUT2D eigenvalue weighted by Crippen LogP contribution is -2.33. The fraction of sp³-hybridized carbons (Fsp3) is 0.154. The highest BCUT2D eigenvalue weighted by Gasteiger charge is 2.44. The Morgan fingerprint density at radius 3 is 2.35 bits per heavy atom. The van der Waals surface area contributed by atoms with Gasteiger partial charge < -0.3 is 10.1 Å². The molecule has 0 aliphatic carbocycles. The highest BCUT2D eigenvalue weighted by Crippen LogP contribution is 2.45. The molecule has 154 valence electrons. The third-order valence-electron chi connectivity index (χ3n) is 5.69. The molecule has 1 N–H and O–H groups in total. The van der Waals surface area contributed by atoms with E-state index in [4.69, 9.17) is 9.73 Å². The second-order valence-corrected chi connectivity index (χ2v) is 7.47. The third-order valence-corrected chi connectivity index (χ3v) is 5.69. The molecule has 31 heavy (non-hydrogen) atoms. The van der Waals surface area contributed by atoms with Gasteiger partial charge in [-0.25, -0.2) is 0 Å². The summed E-state index contributed by atoms with van der Waals surface area (Å²) in [4.78, 5) is 20.5. The fourth-order valence-corrected chi connectivity index (χ4v) is 4.36. The standard InChI is InChI=1S/C26H23N3O2/c1-31-21-15-9-8-14-20(21)25-22-23(18-10-4-2-5-11-18)27-16-17-28-24(22)26(30)29(25)19-12-6-3-7-13-19/h2-15,25,28H,16-17H2,1H3/t25-/m1/s1. The molecular weight excluding hydrogens is 386 g/mol. The van der Waals surface area contributed by atoms with Gasteiger partial charge in [0.05, 0.1) is 25.4 Å². The topological polar surface area (TPSA) is 53.9 Å². The Morgan fingerprint density at radius 2 is 1.61 bits per heavy atom. The predicted octanol–water partition coefficient (Wildman–Crippen LogP) is 4.13. The van der Waals surface area contributed by atoms with Crippen LogP contribution in [0.2, 0.25) is 0 Å². The number of hydrogen-bond acceptors (Lipinski definition) is 4. The van der Waals surface area contributed by atoms with E-state index in [1.807, 2.05) is 89.8 Å². The van der Waals surface area contributed by atoms with Crippen molar-refractivity contribution in [2.45, 2.75) is 6.04 Å². The van der Waals surface area contributed by atoms with E-state index in [0.29, 0.717) is 18.8 Å². The minimum atomic E-state index is -0.356. The Labute approximate surface area is 181 Å². The molecule has 1 atom stereocenters. The maximum absolute atomic E-state index is 13.8. The van der Waals surface area contributed by atoms with Crippen molar-refractivity contribution in [1.29, 1.82) is 0 Å². The van der Waals surface area contributed by atoms with Crippen LogP contribution in [-0.2, 0) is 4.79 Å². The van der Waals surface area contributed by atoms with Crippen LogP contribution in [0, 0.1) is 0 Å². The van der Waals surface area contributed by atoms with Gasteiger partial charge in [0.15, 0.2) is 0 Å². The van der Waals surface area contributed by atoms with Gasteiger partial charge >= 0.3 is 0 Å². The molecule has 1 amide bonds. The SMILES string of the molecule is COc1ccccc1[C@@H]1C2=C(NCCN=C2c2ccccc2)C(=O)N1c1ccccc1. The van der Waals surface area contributed by atoms with Gasteiger partial charge in [0, 0.05) is 28.9 Å². The van der Waals surface area contributed by atoms with Gasteiger partial charge in [0.2, 0.25) is 0 Å². The molecule has 0 aromatic heterocycles. The highest BCUT2D eigenvalue weighted by molar-refractivity contribution is 6.23. The molecule has 2 aliphatic rings. The number of para-hydroxylation sites is 2. The minimum absolute atomic E-state index is 0.0531. The molecule has 0 unspecified atom stereocenters. The van der Waals surface area contributed by atoms with E-state index < -0.39 is 0 Å². The maximum atomic E-state index is 13.8. The van der Waals surface area contributed by atoms with E-state index in [1.165, 1.54) is 0 Å². The minimum Gasteiger partial charge on any atom is -0.496 e. The summed E-state index contributed by atoms with van der Waals surface area (Å²) in [5, 5.41) is 3.36. The molecule has 0 fully saturated rings. The number of rotatable bonds is 4. The van der Waals surface area contributed by atoms with E-state index in [0.717, 1.165) is 33.8 Å². The zero-order chi connectivity index (χ0) is 21.2. The van der Waals surface area contributed by atoms with Crippen molar-refractivity contribution in [1.82, 2.24) is 5.32 Å². The Balaban J connectivity index is 1.76. The van der Waals surface area contributed by atoms with Crippen molar-refractivity contribution >= 4 is 17.3 Å². The van der Waals surface area contributed by atoms with E-state index in [1.54, 1.807) is 7.11 Å². The summed E-state index contributed by atoms with van der Waals surface area (Å²) < 4.78 is 5.71. The molecule has 5 rings (SSSR count). The molecule has 3 aromatic carbocycles. The lowest BCUT2D eigenvalue weighted by Gasteiger charge is -2.29. The molecule has 0 bridgehead atoms. The molecular formula is C26H23N3O2. The summed E-state index contributed by atoms with van der Waals surface area (Å²) in [6.07, 6.45) is 0. The zero-order valence-electron chi connectivity index (χ0n) is 17.3. The number of hydrogen-bond donors (Lipinski definition) is 1. The number of carbonyl (C=O) groups excluding carboxylic acids is 1. The first-order valence-corrected chi connectivity index (χ1v) is 10.4. The Bertz CT molecular complexity index is 1170. The van der Waals surface area contributed by atoms with Crippen molar-refractivity contribution in [2.24, 2.45) is 4.99 Å². The lowest BCUT2D eigenvalue weighted by molar-refractivity contribution is -0.115. The molecule has 5 heteroatoms. The second-order valence-electron chi connectivity index (χ2n) is 7.47. The van der Waals surface area contributed by atoms with E-state index in [9.17, 15) is 4.79 Å². The number of benzene rings is 3. The Morgan fingerprint density at radius 1 is 0.935 bits per heavy atom. The average molecular weight is 409 g/mol. The highest BCUT2D eigenvalue weighted by atomic mass is 16.5. The number of aliphatic imine (C=N–C) groups is 1. The molecule has 0 saturated carbocycles. The van der Waals surface area contributed by atoms with E-state index in [2.05, 4.69) is 5.32 Å². The first-order chi connectivity index (χ1) is 15.3. The molecule has 0 saturated heterocycles. The van der Waals surface area contributed by atoms with E-state index in [-0.39, 0.29) is 11.9 Å². The monoisotopic (exact) mass is 409 g/mol. The van der Waals surface area contributed by atoms with Crippen LogP contribution < -0.4 is 15.0 Å². The maximum Gasteiger partial charge on any atom is 0.275 e. The van der Waals surface area contributed by atoms with Crippen molar-refractivity contribution in [2.75, 3.05) is 25.1 Å². The van der Waals surface area contributed by atoms with Crippen molar-refractivity contribution in [3.63, 3.8) is 0 Å². The first kappa shape index (κ1) is 19.1. The molecule has 0 radical (unpaired) electrons. The average Bonchev–Trinajstić information content (AvgIpc) is 2.97. The van der Waals surface area contributed by atoms with Gasteiger partial charge in [-0.3, -0.25) is 14.7 Å². The number of methoxy groups -OCH3 is 1. The Hall–Kier alpha value is -3.86. The molecule has 5 nitrogen and oxygen atoms in total. The number of carbonyl (C=O) groups is 1. The number of nitrogens with one attached hydrogen (secondary N) is 1. The van der Waals surface area contributed by atoms with Gasteiger partial charge in [0.1, 0.15) is 11.4 Å². The van der Waals surface area contributed by atoms with E-state index >= 15 is 0 Å². The first-order valence-electron chi connectivity index (χ1n) is 10.4. The molecule has 0 spiro atoms. The van der Waals surface area contributed by atoms with Crippen molar-refractivity contribution in [3.8, 4) is 5.75 Å². The summed E-state index contributed by atoms with van der Waals surface area (Å²) in [7, 11) is 1.66. The number of amides is 1. The number of nitrogens with zero attached hydrogens (tertiary/aromatic N) is 2. The Kier molecular flexibility index (Phi) is 5.00. The second kappa shape index (κ2) is 8.11. The smallest absolute Gasteiger partial charge is 0.275 e. The third kappa shape index (κ3) is 3.28. The van der Waals surface area contributed by atoms with Crippen LogP contribution in [0.3, 0.4) is 0 Å². The molecule has 2 aliphatic heterocycles. The van der Waals surface area contributed by atoms with Gasteiger partial charge in [-0.2, -0.15) is 0 Å². The van der Waals surface area contributed by atoms with Crippen LogP contribution in [0.25, 0.3) is 0 Å². The fourth-order valence-electron chi connectivity index (χ4n) is 4.36. The van der Waals surface area contributed by atoms with Gasteiger partial charge in [-0.15, -0.1) is 0 Å². The van der Waals surface area contributed by atoms with Crippen LogP contribution in [0.4, 0.5) is 5.69 Å². The summed E-state index contributed by atoms with van der Waals surface area (Å²) in [5.74, 6) is 0.689. The normalized spacial score (nSPS) is 18.2. The largest absolute Gasteiger partial charge is 0.496 e. The summed E-state index contributed by atoms with van der Waals surface area (Å²) in [6.45, 7) is 1.22. The van der Waals surface area contributed by atoms with Crippen LogP contribution in [-0.4, -0.2) is 31.8 Å². The van der Waals surface area contributed by atoms with Crippen LogP contribution in [0.15, 0.2) is 101 Å². The number of anilines is 1. The molecule has 3 aromatic rings. The number of ether oxygens (including phenoxy) is 1. The van der Waals surface area contributed by atoms with Crippen molar-refractivity contribution < 1.29 is 9.53 Å². The van der Waals surface area contributed by atoms with Crippen LogP contribution in [0.5, 0.6) is 5.75 Å². The van der Waals surface area contributed by atoms with Crippen LogP contribution >= 0.6 is 0 Å². The zero-order valence-corrected chi connectivity index (χ0v) is 17.3.